The van der Waals surface area contributed by atoms with Crippen LogP contribution in [-0.4, -0.2) is 34.8 Å². The van der Waals surface area contributed by atoms with E-state index in [9.17, 15) is 14.4 Å². The molecule has 3 aromatic rings. The number of thioether (sulfide) groups is 1. The number of anilines is 1. The SMILES string of the molecule is CC(=O)Nc1ccc2c(CSc3ccc(C(=O)N4CCCC4)cn3)cc(=O)oc2c1. The van der Waals surface area contributed by atoms with E-state index in [2.05, 4.69) is 10.3 Å². The van der Waals surface area contributed by atoms with Crippen LogP contribution in [0.15, 0.2) is 56.8 Å². The van der Waals surface area contributed by atoms with Crippen molar-refractivity contribution < 1.29 is 14.0 Å². The predicted octanol–water partition coefficient (Wildman–Crippen LogP) is 3.67. The zero-order valence-electron chi connectivity index (χ0n) is 16.5. The lowest BCUT2D eigenvalue weighted by Crippen LogP contribution is -2.27. The molecule has 0 radical (unpaired) electrons. The molecule has 1 aliphatic heterocycles. The third-order valence-corrected chi connectivity index (χ3v) is 5.90. The van der Waals surface area contributed by atoms with Crippen LogP contribution in [0.25, 0.3) is 11.0 Å². The van der Waals surface area contributed by atoms with Gasteiger partial charge in [0.15, 0.2) is 0 Å². The Morgan fingerprint density at radius 2 is 1.97 bits per heavy atom. The molecule has 0 atom stereocenters. The number of pyridine rings is 1. The van der Waals surface area contributed by atoms with Crippen molar-refractivity contribution in [2.75, 3.05) is 18.4 Å². The van der Waals surface area contributed by atoms with Gasteiger partial charge in [0.25, 0.3) is 5.91 Å². The van der Waals surface area contributed by atoms with Crippen molar-refractivity contribution in [3.05, 3.63) is 64.1 Å². The van der Waals surface area contributed by atoms with E-state index in [1.165, 1.54) is 24.8 Å². The highest BCUT2D eigenvalue weighted by molar-refractivity contribution is 7.98. The van der Waals surface area contributed by atoms with Crippen LogP contribution in [0, 0.1) is 0 Å². The van der Waals surface area contributed by atoms with Crippen LogP contribution in [0.3, 0.4) is 0 Å². The summed E-state index contributed by atoms with van der Waals surface area (Å²) < 4.78 is 5.29. The maximum absolute atomic E-state index is 12.4. The monoisotopic (exact) mass is 423 g/mol. The number of benzene rings is 1. The van der Waals surface area contributed by atoms with E-state index in [1.807, 2.05) is 17.0 Å². The summed E-state index contributed by atoms with van der Waals surface area (Å²) in [6, 6.07) is 10.3. The lowest BCUT2D eigenvalue weighted by Gasteiger charge is -2.14. The molecule has 0 bridgehead atoms. The van der Waals surface area contributed by atoms with Crippen molar-refractivity contribution >= 4 is 40.2 Å². The third-order valence-electron chi connectivity index (χ3n) is 4.90. The molecule has 1 N–H and O–H groups in total. The first-order valence-electron chi connectivity index (χ1n) is 9.72. The molecule has 154 valence electrons. The van der Waals surface area contributed by atoms with Gasteiger partial charge in [0, 0.05) is 55.2 Å². The Labute approximate surface area is 177 Å². The van der Waals surface area contributed by atoms with Crippen molar-refractivity contribution in [2.45, 2.75) is 30.5 Å². The first-order chi connectivity index (χ1) is 14.5. The number of carbonyl (C=O) groups is 2. The first-order valence-corrected chi connectivity index (χ1v) is 10.7. The van der Waals surface area contributed by atoms with Gasteiger partial charge in [-0.05, 0) is 42.7 Å². The Kier molecular flexibility index (Phi) is 5.85. The fourth-order valence-electron chi connectivity index (χ4n) is 3.48. The molecule has 2 aromatic heterocycles. The molecule has 0 aliphatic carbocycles. The molecule has 3 heterocycles. The zero-order valence-corrected chi connectivity index (χ0v) is 17.3. The Bertz CT molecular complexity index is 1150. The number of aromatic nitrogens is 1. The molecule has 1 aliphatic rings. The molecule has 7 nitrogen and oxygen atoms in total. The van der Waals surface area contributed by atoms with Crippen LogP contribution in [0.1, 0.15) is 35.7 Å². The second-order valence-corrected chi connectivity index (χ2v) is 8.15. The number of fused-ring (bicyclic) bond motifs is 1. The van der Waals surface area contributed by atoms with Gasteiger partial charge in [-0.1, -0.05) is 0 Å². The number of nitrogens with one attached hydrogen (secondary N) is 1. The fourth-order valence-corrected chi connectivity index (χ4v) is 4.31. The molecule has 0 unspecified atom stereocenters. The molecule has 0 spiro atoms. The Morgan fingerprint density at radius 1 is 1.17 bits per heavy atom. The molecule has 1 fully saturated rings. The lowest BCUT2D eigenvalue weighted by molar-refractivity contribution is -0.114. The largest absolute Gasteiger partial charge is 0.423 e. The summed E-state index contributed by atoms with van der Waals surface area (Å²) in [6.45, 7) is 3.04. The van der Waals surface area contributed by atoms with Gasteiger partial charge in [-0.25, -0.2) is 9.78 Å². The van der Waals surface area contributed by atoms with Crippen LogP contribution in [-0.2, 0) is 10.5 Å². The molecular formula is C22H21N3O4S. The van der Waals surface area contributed by atoms with Gasteiger partial charge in [0.1, 0.15) is 5.58 Å². The average Bonchev–Trinajstić information content (AvgIpc) is 3.26. The molecular weight excluding hydrogens is 402 g/mol. The van der Waals surface area contributed by atoms with Gasteiger partial charge >= 0.3 is 5.63 Å². The second-order valence-electron chi connectivity index (χ2n) is 7.16. The number of hydrogen-bond acceptors (Lipinski definition) is 6. The molecule has 30 heavy (non-hydrogen) atoms. The highest BCUT2D eigenvalue weighted by Crippen LogP contribution is 2.27. The number of hydrogen-bond donors (Lipinski definition) is 1. The molecule has 1 aromatic carbocycles. The summed E-state index contributed by atoms with van der Waals surface area (Å²) in [7, 11) is 0. The smallest absolute Gasteiger partial charge is 0.336 e. The van der Waals surface area contributed by atoms with Gasteiger partial charge in [-0.15, -0.1) is 11.8 Å². The zero-order chi connectivity index (χ0) is 21.1. The van der Waals surface area contributed by atoms with Crippen molar-refractivity contribution in [1.29, 1.82) is 0 Å². The van der Waals surface area contributed by atoms with Crippen molar-refractivity contribution in [3.63, 3.8) is 0 Å². The van der Waals surface area contributed by atoms with E-state index in [4.69, 9.17) is 4.42 Å². The normalized spacial score (nSPS) is 13.6. The summed E-state index contributed by atoms with van der Waals surface area (Å²) in [5.74, 6) is 0.355. The highest BCUT2D eigenvalue weighted by Gasteiger charge is 2.19. The van der Waals surface area contributed by atoms with E-state index in [1.54, 1.807) is 24.4 Å². The number of rotatable bonds is 5. The Hall–Kier alpha value is -3.13. The van der Waals surface area contributed by atoms with E-state index in [-0.39, 0.29) is 11.8 Å². The van der Waals surface area contributed by atoms with Crippen molar-refractivity contribution in [2.24, 2.45) is 0 Å². The summed E-state index contributed by atoms with van der Waals surface area (Å²) in [5, 5.41) is 4.25. The summed E-state index contributed by atoms with van der Waals surface area (Å²) in [4.78, 5) is 41.9. The van der Waals surface area contributed by atoms with Gasteiger partial charge in [-0.3, -0.25) is 9.59 Å². The minimum atomic E-state index is -0.447. The summed E-state index contributed by atoms with van der Waals surface area (Å²) >= 11 is 1.48. The number of amides is 2. The number of likely N-dealkylation sites (tertiary alicyclic amines) is 1. The van der Waals surface area contributed by atoms with Crippen LogP contribution in [0.5, 0.6) is 0 Å². The molecule has 1 saturated heterocycles. The Balaban J connectivity index is 1.49. The van der Waals surface area contributed by atoms with Crippen LogP contribution in [0.4, 0.5) is 5.69 Å². The molecule has 0 saturated carbocycles. The van der Waals surface area contributed by atoms with Gasteiger partial charge < -0.3 is 14.6 Å². The van der Waals surface area contributed by atoms with Crippen molar-refractivity contribution in [1.82, 2.24) is 9.88 Å². The fraction of sp³-hybridized carbons (Fsp3) is 0.273. The predicted molar refractivity (Wildman–Crippen MR) is 116 cm³/mol. The third kappa shape index (κ3) is 4.54. The Morgan fingerprint density at radius 3 is 2.67 bits per heavy atom. The minimum Gasteiger partial charge on any atom is -0.423 e. The van der Waals surface area contributed by atoms with E-state index >= 15 is 0 Å². The average molecular weight is 423 g/mol. The minimum absolute atomic E-state index is 0.0261. The first kappa shape index (κ1) is 20.2. The topological polar surface area (TPSA) is 92.5 Å². The lowest BCUT2D eigenvalue weighted by atomic mass is 10.1. The maximum atomic E-state index is 12.4. The molecule has 4 rings (SSSR count). The van der Waals surface area contributed by atoms with Gasteiger partial charge in [-0.2, -0.15) is 0 Å². The van der Waals surface area contributed by atoms with Crippen molar-refractivity contribution in [3.8, 4) is 0 Å². The number of nitrogens with zero attached hydrogens (tertiary/aromatic N) is 2. The van der Waals surface area contributed by atoms with Crippen LogP contribution in [0.2, 0.25) is 0 Å². The summed E-state index contributed by atoms with van der Waals surface area (Å²) in [5.41, 5.74) is 1.96. The quantitative estimate of drug-likeness (QED) is 0.497. The van der Waals surface area contributed by atoms with E-state index in [0.29, 0.717) is 22.6 Å². The molecule has 8 heteroatoms. The molecule has 2 amide bonds. The highest BCUT2D eigenvalue weighted by atomic mass is 32.2. The second kappa shape index (κ2) is 8.71. The summed E-state index contributed by atoms with van der Waals surface area (Å²) in [6.07, 6.45) is 3.72. The van der Waals surface area contributed by atoms with E-state index < -0.39 is 5.63 Å². The van der Waals surface area contributed by atoms with Gasteiger partial charge in [0.05, 0.1) is 10.6 Å². The van der Waals surface area contributed by atoms with Crippen LogP contribution >= 0.6 is 11.8 Å². The van der Waals surface area contributed by atoms with E-state index in [0.717, 1.165) is 41.9 Å². The standard InChI is InChI=1S/C22H21N3O4S/c1-14(26)24-17-5-6-18-16(10-21(27)29-19(18)11-17)13-30-20-7-4-15(12-23-20)22(28)25-8-2-3-9-25/h4-7,10-12H,2-3,8-9,13H2,1H3,(H,24,26). The van der Waals surface area contributed by atoms with Crippen LogP contribution < -0.4 is 10.9 Å². The maximum Gasteiger partial charge on any atom is 0.336 e. The number of carbonyl (C=O) groups excluding carboxylic acids is 2. The van der Waals surface area contributed by atoms with Gasteiger partial charge in [0.2, 0.25) is 5.91 Å².